The molecule has 0 fully saturated rings. The molecule has 0 aromatic heterocycles. The highest BCUT2D eigenvalue weighted by Crippen LogP contribution is 2.26. The Labute approximate surface area is 199 Å². The Hall–Kier alpha value is -0.929. The highest BCUT2D eigenvalue weighted by molar-refractivity contribution is 6.88. The van der Waals surface area contributed by atoms with E-state index in [4.69, 9.17) is 0 Å². The van der Waals surface area contributed by atoms with Gasteiger partial charge in [-0.05, 0) is 67.4 Å². The normalized spacial score (nSPS) is 12.5. The Morgan fingerprint density at radius 3 is 0.871 bits per heavy atom. The maximum absolute atomic E-state index is 3.85. The summed E-state index contributed by atoms with van der Waals surface area (Å²) in [4.78, 5) is 0. The highest BCUT2D eigenvalue weighted by atomic mass is 28.3. The second kappa shape index (κ2) is 14.3. The van der Waals surface area contributed by atoms with Gasteiger partial charge in [0, 0.05) is 0 Å². The van der Waals surface area contributed by atoms with E-state index in [-0.39, 0.29) is 0 Å². The minimum Gasteiger partial charge on any atom is -0.128 e. The molecule has 0 aliphatic rings. The molecule has 0 saturated heterocycles. The summed E-state index contributed by atoms with van der Waals surface area (Å²) in [5, 5.41) is 0. The standard InChI is InChI=1S/C28H50Si3/c1-11-21-28(22-25-29(12-2,13-3)14-4,23-26-30(15-5,16-6)17-7)24-27-31(18-8,19-9)20-10/h11,21H,12-20H2,1-10H3/b21-11+. The number of rotatable bonds is 10. The van der Waals surface area contributed by atoms with Gasteiger partial charge in [-0.3, -0.25) is 0 Å². The first-order chi connectivity index (χ1) is 14.7. The Bertz CT molecular complexity index is 612. The van der Waals surface area contributed by atoms with Crippen LogP contribution in [0.15, 0.2) is 12.2 Å². The van der Waals surface area contributed by atoms with Gasteiger partial charge in [0.05, 0.1) is 0 Å². The molecular formula is C28H50Si3. The van der Waals surface area contributed by atoms with Crippen molar-refractivity contribution in [2.75, 3.05) is 0 Å². The summed E-state index contributed by atoms with van der Waals surface area (Å²) in [5.74, 6) is 11.2. The van der Waals surface area contributed by atoms with Crippen LogP contribution in [0.3, 0.4) is 0 Å². The average molecular weight is 471 g/mol. The monoisotopic (exact) mass is 470 g/mol. The van der Waals surface area contributed by atoms with E-state index in [9.17, 15) is 0 Å². The summed E-state index contributed by atoms with van der Waals surface area (Å²) in [6, 6.07) is 11.0. The van der Waals surface area contributed by atoms with Gasteiger partial charge in [0.1, 0.15) is 24.2 Å². The molecule has 3 heteroatoms. The van der Waals surface area contributed by atoms with Gasteiger partial charge in [-0.1, -0.05) is 86.2 Å². The topological polar surface area (TPSA) is 0 Å². The first-order valence-corrected chi connectivity index (χ1v) is 20.9. The van der Waals surface area contributed by atoms with Crippen LogP contribution in [0.5, 0.6) is 0 Å². The van der Waals surface area contributed by atoms with Crippen LogP contribution in [0, 0.1) is 39.8 Å². The van der Waals surface area contributed by atoms with Crippen LogP contribution < -0.4 is 0 Å². The van der Waals surface area contributed by atoms with Crippen LogP contribution in [0.4, 0.5) is 0 Å². The van der Waals surface area contributed by atoms with Crippen LogP contribution in [-0.4, -0.2) is 24.2 Å². The molecule has 0 bridgehead atoms. The van der Waals surface area contributed by atoms with Crippen molar-refractivity contribution in [3.63, 3.8) is 0 Å². The molecule has 0 N–H and O–H groups in total. The van der Waals surface area contributed by atoms with Crippen LogP contribution in [-0.2, 0) is 0 Å². The molecular weight excluding hydrogens is 421 g/mol. The van der Waals surface area contributed by atoms with Crippen molar-refractivity contribution in [1.29, 1.82) is 0 Å². The summed E-state index contributed by atoms with van der Waals surface area (Å²) in [5.41, 5.74) is 11.0. The van der Waals surface area contributed by atoms with Gasteiger partial charge in [0.2, 0.25) is 0 Å². The minimum atomic E-state index is -1.56. The van der Waals surface area contributed by atoms with Crippen molar-refractivity contribution in [2.24, 2.45) is 5.41 Å². The summed E-state index contributed by atoms with van der Waals surface area (Å²) in [7, 11) is -4.69. The lowest BCUT2D eigenvalue weighted by Crippen LogP contribution is -2.32. The lowest BCUT2D eigenvalue weighted by atomic mass is 9.91. The zero-order chi connectivity index (χ0) is 24.0. The van der Waals surface area contributed by atoms with Crippen LogP contribution in [0.25, 0.3) is 0 Å². The second-order valence-corrected chi connectivity index (χ2v) is 23.9. The van der Waals surface area contributed by atoms with Crippen molar-refractivity contribution >= 4 is 24.2 Å². The zero-order valence-electron chi connectivity index (χ0n) is 22.5. The molecule has 0 spiro atoms. The molecule has 0 saturated carbocycles. The Morgan fingerprint density at radius 1 is 0.484 bits per heavy atom. The van der Waals surface area contributed by atoms with Crippen molar-refractivity contribution < 1.29 is 0 Å². The van der Waals surface area contributed by atoms with Crippen LogP contribution in [0.1, 0.15) is 69.2 Å². The Kier molecular flexibility index (Phi) is 13.8. The van der Waals surface area contributed by atoms with Gasteiger partial charge in [-0.25, -0.2) is 0 Å². The van der Waals surface area contributed by atoms with Crippen molar-refractivity contribution in [2.45, 2.75) is 124 Å². The molecule has 0 amide bonds. The summed E-state index contributed by atoms with van der Waals surface area (Å²) < 4.78 is 0. The summed E-state index contributed by atoms with van der Waals surface area (Å²) >= 11 is 0. The number of allylic oxidation sites excluding steroid dienone is 2. The SMILES string of the molecule is C/C=C/C(C#C[Si](CC)(CC)CC)(C#C[Si](CC)(CC)CC)C#C[Si](CC)(CC)CC. The quantitative estimate of drug-likeness (QED) is 0.170. The van der Waals surface area contributed by atoms with Gasteiger partial charge in [-0.2, -0.15) is 0 Å². The largest absolute Gasteiger partial charge is 0.168 e. The van der Waals surface area contributed by atoms with Crippen molar-refractivity contribution in [1.82, 2.24) is 0 Å². The molecule has 0 rings (SSSR count). The molecule has 0 aliphatic heterocycles. The molecule has 0 aliphatic carbocycles. The summed E-state index contributed by atoms with van der Waals surface area (Å²) in [6.45, 7) is 23.1. The second-order valence-electron chi connectivity index (χ2n) is 9.08. The molecule has 0 nitrogen and oxygen atoms in total. The van der Waals surface area contributed by atoms with E-state index in [2.05, 4.69) is 116 Å². The maximum Gasteiger partial charge on any atom is 0.168 e. The summed E-state index contributed by atoms with van der Waals surface area (Å²) in [6.07, 6.45) is 4.34. The third kappa shape index (κ3) is 8.17. The van der Waals surface area contributed by atoms with E-state index in [1.165, 1.54) is 54.4 Å². The first kappa shape index (κ1) is 30.1. The van der Waals surface area contributed by atoms with Gasteiger partial charge in [-0.15, -0.1) is 16.6 Å². The average Bonchev–Trinajstić information content (AvgIpc) is 2.83. The zero-order valence-corrected chi connectivity index (χ0v) is 25.5. The Morgan fingerprint density at radius 2 is 0.710 bits per heavy atom. The molecule has 0 heterocycles. The van der Waals surface area contributed by atoms with E-state index in [1.54, 1.807) is 0 Å². The van der Waals surface area contributed by atoms with Crippen LogP contribution >= 0.6 is 0 Å². The van der Waals surface area contributed by atoms with E-state index < -0.39 is 29.6 Å². The third-order valence-electron chi connectivity index (χ3n) is 8.08. The third-order valence-corrected chi connectivity index (χ3v) is 22.2. The predicted octanol–water partition coefficient (Wildman–Crippen LogP) is 8.70. The fourth-order valence-corrected chi connectivity index (χ4v) is 11.7. The molecule has 0 atom stereocenters. The van der Waals surface area contributed by atoms with E-state index in [0.29, 0.717) is 0 Å². The first-order valence-electron chi connectivity index (χ1n) is 13.0. The molecule has 174 valence electrons. The number of hydrogen-bond acceptors (Lipinski definition) is 0. The van der Waals surface area contributed by atoms with E-state index in [1.807, 2.05) is 0 Å². The lowest BCUT2D eigenvalue weighted by Gasteiger charge is -2.24. The molecule has 0 aromatic rings. The predicted molar refractivity (Wildman–Crippen MR) is 152 cm³/mol. The minimum absolute atomic E-state index is 0.595. The van der Waals surface area contributed by atoms with Gasteiger partial charge >= 0.3 is 0 Å². The lowest BCUT2D eigenvalue weighted by molar-refractivity contribution is 0.938. The fourth-order valence-electron chi connectivity index (χ4n) is 4.21. The van der Waals surface area contributed by atoms with Crippen LogP contribution in [0.2, 0.25) is 54.4 Å². The molecule has 31 heavy (non-hydrogen) atoms. The van der Waals surface area contributed by atoms with Crippen molar-refractivity contribution in [3.05, 3.63) is 12.2 Å². The Balaban J connectivity index is 7.01. The van der Waals surface area contributed by atoms with Gasteiger partial charge in [0.15, 0.2) is 5.41 Å². The van der Waals surface area contributed by atoms with Gasteiger partial charge in [0.25, 0.3) is 0 Å². The highest BCUT2D eigenvalue weighted by Gasteiger charge is 2.30. The maximum atomic E-state index is 3.85. The fraction of sp³-hybridized carbons (Fsp3) is 0.714. The molecule has 0 aromatic carbocycles. The molecule has 0 unspecified atom stereocenters. The smallest absolute Gasteiger partial charge is 0.128 e. The van der Waals surface area contributed by atoms with E-state index in [0.717, 1.165) is 0 Å². The number of hydrogen-bond donors (Lipinski definition) is 0. The van der Waals surface area contributed by atoms with E-state index >= 15 is 0 Å². The van der Waals surface area contributed by atoms with Gasteiger partial charge < -0.3 is 0 Å². The van der Waals surface area contributed by atoms with Crippen molar-refractivity contribution in [3.8, 4) is 34.4 Å². The molecule has 0 radical (unpaired) electrons.